The molecule has 2 aromatic carbocycles. The van der Waals surface area contributed by atoms with E-state index in [1.807, 2.05) is 24.5 Å². The summed E-state index contributed by atoms with van der Waals surface area (Å²) in [5, 5.41) is 8.19. The summed E-state index contributed by atoms with van der Waals surface area (Å²) in [4.78, 5) is 26.4. The van der Waals surface area contributed by atoms with E-state index in [1.54, 1.807) is 42.5 Å². The molecule has 8 nitrogen and oxygen atoms in total. The number of sulfonamides is 1. The van der Waals surface area contributed by atoms with Crippen LogP contribution in [0.3, 0.4) is 0 Å². The Kier molecular flexibility index (Phi) is 5.41. The molecular weight excluding hydrogens is 452 g/mol. The monoisotopic (exact) mass is 470 g/mol. The summed E-state index contributed by atoms with van der Waals surface area (Å²) in [6.45, 7) is 3.75. The van der Waals surface area contributed by atoms with Gasteiger partial charge >= 0.3 is 6.03 Å². The number of primary sulfonamides is 1. The van der Waals surface area contributed by atoms with Crippen molar-refractivity contribution in [2.24, 2.45) is 5.14 Å². The predicted octanol–water partition coefficient (Wildman–Crippen LogP) is 3.49. The van der Waals surface area contributed by atoms with Crippen LogP contribution >= 0.6 is 11.6 Å². The van der Waals surface area contributed by atoms with Gasteiger partial charge in [-0.1, -0.05) is 17.7 Å². The minimum Gasteiger partial charge on any atom is -0.318 e. The molecule has 0 bridgehead atoms. The zero-order valence-corrected chi connectivity index (χ0v) is 18.7. The van der Waals surface area contributed by atoms with Crippen LogP contribution in [0.2, 0.25) is 5.02 Å². The minimum absolute atomic E-state index is 0.0198. The van der Waals surface area contributed by atoms with Crippen molar-refractivity contribution in [1.29, 1.82) is 0 Å². The number of rotatable bonds is 4. The fraction of sp³-hybridized carbons (Fsp3) is 0.0909. The van der Waals surface area contributed by atoms with Gasteiger partial charge in [-0.05, 0) is 74.0 Å². The van der Waals surface area contributed by atoms with Crippen molar-refractivity contribution in [1.82, 2.24) is 9.88 Å². The van der Waals surface area contributed by atoms with E-state index in [0.29, 0.717) is 10.7 Å². The lowest BCUT2D eigenvalue weighted by atomic mass is 10.2. The van der Waals surface area contributed by atoms with Gasteiger partial charge in [0.2, 0.25) is 10.0 Å². The molecular formula is C22H19ClN4O4S. The van der Waals surface area contributed by atoms with Crippen LogP contribution in [0.5, 0.6) is 0 Å². The van der Waals surface area contributed by atoms with Gasteiger partial charge in [0.1, 0.15) is 5.70 Å². The Morgan fingerprint density at radius 3 is 2.31 bits per heavy atom. The highest BCUT2D eigenvalue weighted by Gasteiger charge is 2.35. The largest absolute Gasteiger partial charge is 0.333 e. The molecule has 0 radical (unpaired) electrons. The number of carbonyl (C=O) groups excluding carboxylic acids is 2. The number of aryl methyl sites for hydroxylation is 1. The molecule has 3 aromatic rings. The maximum atomic E-state index is 12.9. The Bertz CT molecular complexity index is 1390. The van der Waals surface area contributed by atoms with Crippen LogP contribution in [0.4, 0.5) is 10.5 Å². The third-order valence-electron chi connectivity index (χ3n) is 5.14. The lowest BCUT2D eigenvalue weighted by Crippen LogP contribution is -2.30. The third kappa shape index (κ3) is 3.93. The van der Waals surface area contributed by atoms with Gasteiger partial charge in [0.05, 0.1) is 10.6 Å². The van der Waals surface area contributed by atoms with Gasteiger partial charge in [-0.15, -0.1) is 0 Å². The zero-order valence-electron chi connectivity index (χ0n) is 17.2. The van der Waals surface area contributed by atoms with E-state index in [0.717, 1.165) is 27.5 Å². The molecule has 1 aliphatic rings. The molecule has 0 unspecified atom stereocenters. The Balaban J connectivity index is 1.69. The SMILES string of the molecule is Cc1cc(/C=C2/NC(=O)N(c3cccc(Cl)c3)C2=O)c(C)n1-c1ccc(S(N)(=O)=O)cc1. The lowest BCUT2D eigenvalue weighted by molar-refractivity contribution is -0.113. The zero-order chi connectivity index (χ0) is 23.2. The highest BCUT2D eigenvalue weighted by molar-refractivity contribution is 7.89. The lowest BCUT2D eigenvalue weighted by Gasteiger charge is -2.11. The summed E-state index contributed by atoms with van der Waals surface area (Å²) in [5.74, 6) is -0.487. The van der Waals surface area contributed by atoms with Crippen molar-refractivity contribution in [3.8, 4) is 5.69 Å². The van der Waals surface area contributed by atoms with Crippen molar-refractivity contribution in [3.63, 3.8) is 0 Å². The molecule has 3 N–H and O–H groups in total. The van der Waals surface area contributed by atoms with E-state index in [9.17, 15) is 18.0 Å². The van der Waals surface area contributed by atoms with Crippen LogP contribution in [-0.2, 0) is 14.8 Å². The molecule has 1 aromatic heterocycles. The second-order valence-corrected chi connectivity index (χ2v) is 9.31. The van der Waals surface area contributed by atoms with E-state index in [2.05, 4.69) is 5.32 Å². The highest BCUT2D eigenvalue weighted by atomic mass is 35.5. The van der Waals surface area contributed by atoms with Gasteiger partial charge in [0, 0.05) is 22.1 Å². The van der Waals surface area contributed by atoms with Gasteiger partial charge in [-0.2, -0.15) is 0 Å². The van der Waals surface area contributed by atoms with Crippen molar-refractivity contribution in [2.45, 2.75) is 18.7 Å². The maximum absolute atomic E-state index is 12.9. The number of benzene rings is 2. The summed E-state index contributed by atoms with van der Waals surface area (Å²) < 4.78 is 24.9. The molecule has 10 heteroatoms. The summed E-state index contributed by atoms with van der Waals surface area (Å²) >= 11 is 5.99. The smallest absolute Gasteiger partial charge is 0.318 e. The van der Waals surface area contributed by atoms with Gasteiger partial charge in [-0.3, -0.25) is 4.79 Å². The number of nitrogens with one attached hydrogen (secondary N) is 1. The standard InChI is InChI=1S/C22H19ClN4O4S/c1-13-10-15(14(2)26(13)17-6-8-19(9-7-17)32(24,30)31)11-20-21(28)27(22(29)25-20)18-5-3-4-16(23)12-18/h3-12H,1-2H3,(H,25,29)(H2,24,30,31)/b20-11+. The van der Waals surface area contributed by atoms with Gasteiger partial charge in [0.15, 0.2) is 0 Å². The molecule has 1 fully saturated rings. The number of hydrogen-bond donors (Lipinski definition) is 2. The first-order valence-corrected chi connectivity index (χ1v) is 11.4. The van der Waals surface area contributed by atoms with Gasteiger partial charge in [-0.25, -0.2) is 23.3 Å². The number of hydrogen-bond acceptors (Lipinski definition) is 4. The summed E-state index contributed by atoms with van der Waals surface area (Å²) in [7, 11) is -3.78. The second-order valence-electron chi connectivity index (χ2n) is 7.31. The molecule has 2 heterocycles. The molecule has 0 atom stereocenters. The van der Waals surface area contributed by atoms with E-state index in [-0.39, 0.29) is 10.6 Å². The maximum Gasteiger partial charge on any atom is 0.333 e. The Labute approximate surface area is 189 Å². The normalized spacial score (nSPS) is 15.5. The summed E-state index contributed by atoms with van der Waals surface area (Å²) in [5.41, 5.74) is 3.65. The number of carbonyl (C=O) groups is 2. The topological polar surface area (TPSA) is 114 Å². The number of nitrogens with two attached hydrogens (primary N) is 1. The molecule has 1 aliphatic heterocycles. The van der Waals surface area contributed by atoms with E-state index < -0.39 is 22.0 Å². The van der Waals surface area contributed by atoms with Crippen LogP contribution < -0.4 is 15.4 Å². The number of amides is 3. The first kappa shape index (κ1) is 21.8. The quantitative estimate of drug-likeness (QED) is 0.448. The minimum atomic E-state index is -3.78. The van der Waals surface area contributed by atoms with E-state index in [4.69, 9.17) is 16.7 Å². The Hall–Kier alpha value is -3.40. The summed E-state index contributed by atoms with van der Waals surface area (Å²) in [6, 6.07) is 14.0. The van der Waals surface area contributed by atoms with Crippen molar-refractivity contribution in [2.75, 3.05) is 4.90 Å². The van der Waals surface area contributed by atoms with Crippen LogP contribution in [0.25, 0.3) is 11.8 Å². The van der Waals surface area contributed by atoms with Crippen molar-refractivity contribution >= 4 is 45.3 Å². The molecule has 0 saturated carbocycles. The first-order valence-electron chi connectivity index (χ1n) is 9.51. The van der Waals surface area contributed by atoms with E-state index >= 15 is 0 Å². The number of urea groups is 1. The van der Waals surface area contributed by atoms with Crippen LogP contribution in [-0.4, -0.2) is 24.9 Å². The van der Waals surface area contributed by atoms with Gasteiger partial charge in [0.25, 0.3) is 5.91 Å². The molecule has 164 valence electrons. The summed E-state index contributed by atoms with van der Waals surface area (Å²) in [6.07, 6.45) is 1.61. The van der Waals surface area contributed by atoms with Crippen molar-refractivity contribution < 1.29 is 18.0 Å². The molecule has 32 heavy (non-hydrogen) atoms. The Morgan fingerprint density at radius 2 is 1.69 bits per heavy atom. The van der Waals surface area contributed by atoms with Crippen LogP contribution in [0.15, 0.2) is 65.2 Å². The average molecular weight is 471 g/mol. The van der Waals surface area contributed by atoms with Crippen LogP contribution in [0, 0.1) is 13.8 Å². The molecule has 3 amide bonds. The van der Waals surface area contributed by atoms with Crippen molar-refractivity contribution in [3.05, 3.63) is 82.3 Å². The number of halogens is 1. The molecule has 0 spiro atoms. The number of nitrogens with zero attached hydrogens (tertiary/aromatic N) is 2. The number of anilines is 1. The molecule has 4 rings (SSSR count). The first-order chi connectivity index (χ1) is 15.1. The number of aromatic nitrogens is 1. The fourth-order valence-corrected chi connectivity index (χ4v) is 4.36. The second kappa shape index (κ2) is 7.94. The highest BCUT2D eigenvalue weighted by Crippen LogP contribution is 2.27. The average Bonchev–Trinajstić information content (AvgIpc) is 3.15. The predicted molar refractivity (Wildman–Crippen MR) is 122 cm³/mol. The molecule has 0 aliphatic carbocycles. The van der Waals surface area contributed by atoms with Crippen LogP contribution in [0.1, 0.15) is 17.0 Å². The number of imide groups is 1. The van der Waals surface area contributed by atoms with E-state index in [1.165, 1.54) is 12.1 Å². The Morgan fingerprint density at radius 1 is 1.00 bits per heavy atom. The molecule has 1 saturated heterocycles. The third-order valence-corrected chi connectivity index (χ3v) is 6.30. The van der Waals surface area contributed by atoms with Gasteiger partial charge < -0.3 is 9.88 Å². The fourth-order valence-electron chi connectivity index (χ4n) is 3.66.